The van der Waals surface area contributed by atoms with Crippen molar-refractivity contribution in [3.63, 3.8) is 0 Å². The van der Waals surface area contributed by atoms with Crippen molar-refractivity contribution in [3.8, 4) is 6.07 Å². The highest BCUT2D eigenvalue weighted by Gasteiger charge is 2.35. The summed E-state index contributed by atoms with van der Waals surface area (Å²) < 4.78 is 34.3. The predicted octanol–water partition coefficient (Wildman–Crippen LogP) is -0.687. The Kier molecular flexibility index (Phi) is 7.03. The number of nitrogens with zero attached hydrogens (tertiary/aromatic N) is 1. The number of sulfonamides is 1. The number of rotatable bonds is 7. The Bertz CT molecular complexity index is 449. The van der Waals surface area contributed by atoms with E-state index in [1.807, 2.05) is 4.72 Å². The van der Waals surface area contributed by atoms with E-state index in [4.69, 9.17) is 5.26 Å². The minimum Gasteiger partial charge on any atom is -0.464 e. The van der Waals surface area contributed by atoms with Gasteiger partial charge in [0.1, 0.15) is 0 Å². The lowest BCUT2D eigenvalue weighted by Crippen LogP contribution is -2.50. The lowest BCUT2D eigenvalue weighted by Gasteiger charge is -2.16. The molecule has 0 spiro atoms. The fourth-order valence-corrected chi connectivity index (χ4v) is 1.84. The molecule has 1 unspecified atom stereocenters. The predicted molar refractivity (Wildman–Crippen MR) is 64.2 cm³/mol. The molecule has 108 valence electrons. The van der Waals surface area contributed by atoms with Crippen LogP contribution < -0.4 is 4.72 Å². The van der Waals surface area contributed by atoms with Gasteiger partial charge in [0, 0.05) is 0 Å². The highest BCUT2D eigenvalue weighted by molar-refractivity contribution is 7.90. The van der Waals surface area contributed by atoms with E-state index >= 15 is 0 Å². The van der Waals surface area contributed by atoms with Crippen LogP contribution in [0.25, 0.3) is 0 Å². The molecular weight excluding hydrogens is 276 g/mol. The number of nitrogens with one attached hydrogen (secondary N) is 1. The highest BCUT2D eigenvalue weighted by Crippen LogP contribution is 2.02. The van der Waals surface area contributed by atoms with Gasteiger partial charge in [-0.05, 0) is 20.8 Å². The first-order valence-electron chi connectivity index (χ1n) is 5.54. The molecule has 9 heteroatoms. The molecule has 0 aromatic heterocycles. The molecule has 0 heterocycles. The van der Waals surface area contributed by atoms with Crippen LogP contribution in [0.3, 0.4) is 0 Å². The zero-order valence-electron chi connectivity index (χ0n) is 10.9. The van der Waals surface area contributed by atoms with Crippen molar-refractivity contribution in [3.05, 3.63) is 0 Å². The molecule has 0 aliphatic rings. The van der Waals surface area contributed by atoms with Gasteiger partial charge in [-0.2, -0.15) is 9.98 Å². The summed E-state index contributed by atoms with van der Waals surface area (Å²) in [5, 5.41) is 7.15. The SMILES string of the molecule is CCOC(=O)C(NS(=O)(=O)C(C)C#N)C(=O)OCC. The van der Waals surface area contributed by atoms with Gasteiger partial charge in [-0.25, -0.2) is 18.0 Å². The van der Waals surface area contributed by atoms with Crippen LogP contribution in [0.2, 0.25) is 0 Å². The van der Waals surface area contributed by atoms with Gasteiger partial charge in [0.05, 0.1) is 19.3 Å². The second-order valence-corrected chi connectivity index (χ2v) is 5.40. The van der Waals surface area contributed by atoms with Gasteiger partial charge >= 0.3 is 11.9 Å². The molecule has 0 saturated carbocycles. The largest absolute Gasteiger partial charge is 0.464 e. The van der Waals surface area contributed by atoms with E-state index in [1.54, 1.807) is 0 Å². The normalized spacial score (nSPS) is 12.6. The molecule has 0 aromatic carbocycles. The van der Waals surface area contributed by atoms with Crippen molar-refractivity contribution in [2.24, 2.45) is 0 Å². The van der Waals surface area contributed by atoms with Crippen LogP contribution in [0.4, 0.5) is 0 Å². The first kappa shape index (κ1) is 17.3. The Labute approximate surface area is 111 Å². The number of esters is 2. The van der Waals surface area contributed by atoms with Crippen LogP contribution >= 0.6 is 0 Å². The topological polar surface area (TPSA) is 123 Å². The van der Waals surface area contributed by atoms with Crippen molar-refractivity contribution >= 4 is 22.0 Å². The van der Waals surface area contributed by atoms with Gasteiger partial charge in [0.2, 0.25) is 16.1 Å². The summed E-state index contributed by atoms with van der Waals surface area (Å²) in [5.74, 6) is -2.15. The molecule has 0 fully saturated rings. The van der Waals surface area contributed by atoms with E-state index < -0.39 is 33.3 Å². The third-order valence-corrected chi connectivity index (χ3v) is 3.57. The second kappa shape index (κ2) is 7.70. The van der Waals surface area contributed by atoms with Crippen LogP contribution in [0.15, 0.2) is 0 Å². The summed E-state index contributed by atoms with van der Waals surface area (Å²) in [7, 11) is -4.15. The molecule has 0 saturated heterocycles. The van der Waals surface area contributed by atoms with Gasteiger partial charge in [-0.1, -0.05) is 0 Å². The van der Waals surface area contributed by atoms with E-state index in [9.17, 15) is 18.0 Å². The molecule has 19 heavy (non-hydrogen) atoms. The maximum Gasteiger partial charge on any atom is 0.335 e. The number of carbonyl (C=O) groups is 2. The zero-order chi connectivity index (χ0) is 15.1. The van der Waals surface area contributed by atoms with Gasteiger partial charge in [-0.15, -0.1) is 0 Å². The van der Waals surface area contributed by atoms with Crippen LogP contribution in [-0.2, 0) is 29.1 Å². The Morgan fingerprint density at radius 1 is 1.21 bits per heavy atom. The van der Waals surface area contributed by atoms with Gasteiger partial charge in [-0.3, -0.25) is 0 Å². The Balaban J connectivity index is 5.13. The number of carbonyl (C=O) groups excluding carboxylic acids is 2. The Morgan fingerprint density at radius 3 is 1.95 bits per heavy atom. The van der Waals surface area contributed by atoms with E-state index in [0.29, 0.717) is 0 Å². The quantitative estimate of drug-likeness (QED) is 0.486. The molecule has 0 aliphatic heterocycles. The third-order valence-electron chi connectivity index (χ3n) is 1.97. The summed E-state index contributed by atoms with van der Waals surface area (Å²) in [5.41, 5.74) is 0. The lowest BCUT2D eigenvalue weighted by atomic mass is 10.3. The van der Waals surface area contributed by atoms with E-state index in [-0.39, 0.29) is 13.2 Å². The number of hydrogen-bond acceptors (Lipinski definition) is 7. The molecule has 0 aliphatic carbocycles. The monoisotopic (exact) mass is 292 g/mol. The van der Waals surface area contributed by atoms with E-state index in [0.717, 1.165) is 6.92 Å². The average molecular weight is 292 g/mol. The van der Waals surface area contributed by atoms with Crippen LogP contribution in [-0.4, -0.2) is 44.9 Å². The van der Waals surface area contributed by atoms with Crippen LogP contribution in [0.1, 0.15) is 20.8 Å². The van der Waals surface area contributed by atoms with Crippen LogP contribution in [0.5, 0.6) is 0 Å². The average Bonchev–Trinajstić information content (AvgIpc) is 2.35. The second-order valence-electron chi connectivity index (χ2n) is 3.37. The lowest BCUT2D eigenvalue weighted by molar-refractivity contribution is -0.157. The molecule has 0 rings (SSSR count). The summed E-state index contributed by atoms with van der Waals surface area (Å²) in [6, 6.07) is -0.307. The molecule has 0 aromatic rings. The standard InChI is InChI=1S/C10H16N2O6S/c1-4-17-9(13)8(10(14)18-5-2)12-19(15,16)7(3)6-11/h7-8,12H,4-5H2,1-3H3. The fourth-order valence-electron chi connectivity index (χ4n) is 0.979. The van der Waals surface area contributed by atoms with Gasteiger partial charge < -0.3 is 9.47 Å². The molecule has 0 radical (unpaired) electrons. The molecule has 0 bridgehead atoms. The van der Waals surface area contributed by atoms with Crippen molar-refractivity contribution in [1.29, 1.82) is 5.26 Å². The minimum absolute atomic E-state index is 0.0235. The molecule has 1 N–H and O–H groups in total. The highest BCUT2D eigenvalue weighted by atomic mass is 32.2. The molecular formula is C10H16N2O6S. The van der Waals surface area contributed by atoms with Gasteiger partial charge in [0.25, 0.3) is 0 Å². The van der Waals surface area contributed by atoms with E-state index in [2.05, 4.69) is 9.47 Å². The summed E-state index contributed by atoms with van der Waals surface area (Å²) in [6.45, 7) is 4.09. The summed E-state index contributed by atoms with van der Waals surface area (Å²) in [4.78, 5) is 23.0. The molecule has 0 amide bonds. The summed E-state index contributed by atoms with van der Waals surface area (Å²) >= 11 is 0. The van der Waals surface area contributed by atoms with Crippen molar-refractivity contribution in [2.75, 3.05) is 13.2 Å². The fraction of sp³-hybridized carbons (Fsp3) is 0.700. The van der Waals surface area contributed by atoms with Gasteiger partial charge in [0.15, 0.2) is 5.25 Å². The number of hydrogen-bond donors (Lipinski definition) is 1. The number of nitriles is 1. The van der Waals surface area contributed by atoms with Crippen molar-refractivity contribution < 1.29 is 27.5 Å². The Morgan fingerprint density at radius 2 is 1.63 bits per heavy atom. The minimum atomic E-state index is -4.15. The third kappa shape index (κ3) is 5.23. The van der Waals surface area contributed by atoms with Crippen molar-refractivity contribution in [1.82, 2.24) is 4.72 Å². The molecule has 8 nitrogen and oxygen atoms in total. The number of ether oxygens (including phenoxy) is 2. The first-order chi connectivity index (χ1) is 8.80. The smallest absolute Gasteiger partial charge is 0.335 e. The van der Waals surface area contributed by atoms with Crippen molar-refractivity contribution in [2.45, 2.75) is 32.1 Å². The maximum absolute atomic E-state index is 11.6. The van der Waals surface area contributed by atoms with Crippen LogP contribution in [0, 0.1) is 11.3 Å². The summed E-state index contributed by atoms with van der Waals surface area (Å²) in [6.07, 6.45) is 0. The first-order valence-corrected chi connectivity index (χ1v) is 7.08. The Hall–Kier alpha value is -1.66. The maximum atomic E-state index is 11.6. The zero-order valence-corrected chi connectivity index (χ0v) is 11.7. The molecule has 1 atom stereocenters. The van der Waals surface area contributed by atoms with E-state index in [1.165, 1.54) is 19.9 Å².